The van der Waals surface area contributed by atoms with Crippen LogP contribution in [0.5, 0.6) is 0 Å². The monoisotopic (exact) mass is 581 g/mol. The maximum Gasteiger partial charge on any atom is 0.416 e. The number of alkyl halides is 3. The second kappa shape index (κ2) is 9.64. The highest BCUT2D eigenvalue weighted by Crippen LogP contribution is 2.69. The zero-order valence-corrected chi connectivity index (χ0v) is 24.6. The van der Waals surface area contributed by atoms with Crippen LogP contribution >= 0.6 is 0 Å². The average Bonchev–Trinajstić information content (AvgIpc) is 3.66. The van der Waals surface area contributed by atoms with Crippen molar-refractivity contribution >= 4 is 23.8 Å². The maximum absolute atomic E-state index is 14.5. The second-order valence-electron chi connectivity index (χ2n) is 13.2. The molecule has 0 radical (unpaired) electrons. The predicted molar refractivity (Wildman–Crippen MR) is 155 cm³/mol. The number of nitrogens with one attached hydrogen (secondary N) is 2. The number of hydrogen-bond acceptors (Lipinski definition) is 5. The quantitative estimate of drug-likeness (QED) is 0.317. The van der Waals surface area contributed by atoms with Gasteiger partial charge in [0.05, 0.1) is 36.6 Å². The smallest absolute Gasteiger partial charge is 0.376 e. The number of rotatable bonds is 6. The minimum Gasteiger partial charge on any atom is -0.376 e. The van der Waals surface area contributed by atoms with Crippen molar-refractivity contribution in [2.75, 3.05) is 31.6 Å². The summed E-state index contributed by atoms with van der Waals surface area (Å²) >= 11 is 0. The molecule has 6 rings (SSSR count). The Morgan fingerprint density at radius 3 is 2.50 bits per heavy atom. The molecule has 42 heavy (non-hydrogen) atoms. The van der Waals surface area contributed by atoms with E-state index in [1.165, 1.54) is 15.9 Å². The Kier molecular flexibility index (Phi) is 6.62. The van der Waals surface area contributed by atoms with Gasteiger partial charge in [-0.1, -0.05) is 12.1 Å². The van der Waals surface area contributed by atoms with Crippen molar-refractivity contribution in [3.63, 3.8) is 0 Å². The van der Waals surface area contributed by atoms with Gasteiger partial charge in [-0.3, -0.25) is 20.5 Å². The Hall–Kier alpha value is -3.24. The summed E-state index contributed by atoms with van der Waals surface area (Å²) < 4.78 is 49.2. The molecule has 224 valence electrons. The number of amides is 1. The van der Waals surface area contributed by atoms with E-state index in [9.17, 15) is 18.0 Å². The lowest BCUT2D eigenvalue weighted by atomic mass is 9.55. The first-order chi connectivity index (χ1) is 19.7. The highest BCUT2D eigenvalue weighted by atomic mass is 19.4. The lowest BCUT2D eigenvalue weighted by Crippen LogP contribution is -2.53. The molecule has 2 aromatic rings. The van der Waals surface area contributed by atoms with Crippen LogP contribution in [-0.4, -0.2) is 60.7 Å². The fourth-order valence-corrected chi connectivity index (χ4v) is 7.37. The number of morpholine rings is 1. The predicted octanol–water partition coefficient (Wildman–Crippen LogP) is 6.15. The molecule has 2 N–H and O–H groups in total. The SMILES string of the molecule is C[C@@H]1CN(C(C)(C)c2cc3c(c(C(F)(F)F)c2)CN(c2cccc(C4(C(=N)N(C)C=N)CC5(CC5)C4)c2)C3=O)CCO1. The van der Waals surface area contributed by atoms with Crippen molar-refractivity contribution in [3.8, 4) is 0 Å². The molecule has 2 aliphatic heterocycles. The van der Waals surface area contributed by atoms with Crippen LogP contribution in [0.4, 0.5) is 18.9 Å². The van der Waals surface area contributed by atoms with E-state index in [2.05, 4.69) is 4.90 Å². The summed E-state index contributed by atoms with van der Waals surface area (Å²) in [5, 5.41) is 16.6. The number of anilines is 1. The van der Waals surface area contributed by atoms with E-state index in [0.29, 0.717) is 36.8 Å². The zero-order valence-electron chi connectivity index (χ0n) is 24.6. The molecule has 2 saturated carbocycles. The molecule has 0 unspecified atom stereocenters. The molecule has 10 heteroatoms. The number of likely N-dealkylation sites (N-methyl/N-ethyl adjacent to an activating group) is 1. The van der Waals surface area contributed by atoms with E-state index in [1.807, 2.05) is 39.0 Å². The lowest BCUT2D eigenvalue weighted by Gasteiger charge is -2.50. The van der Waals surface area contributed by atoms with Gasteiger partial charge in [-0.05, 0) is 92.8 Å². The standard InChI is InChI=1S/C32H38F3N5O2/c1-20-15-39(10-11-42-20)29(2,3)22-13-24-25(26(14-22)32(33,34)35)16-40(27(24)41)23-7-5-6-21(12-23)31(28(37)38(4)19-36)17-30(18-31)8-9-30/h5-7,12-14,19-20,36-37H,8-11,15-18H2,1-4H3/t20-/m1/s1. The molecule has 2 aromatic carbocycles. The summed E-state index contributed by atoms with van der Waals surface area (Å²) in [5.74, 6) is -0.125. The molecule has 2 aliphatic carbocycles. The number of fused-ring (bicyclic) bond motifs is 1. The van der Waals surface area contributed by atoms with Gasteiger partial charge in [0.1, 0.15) is 5.84 Å². The average molecular weight is 582 g/mol. The minimum atomic E-state index is -4.62. The first-order valence-electron chi connectivity index (χ1n) is 14.6. The second-order valence-corrected chi connectivity index (χ2v) is 13.2. The summed E-state index contributed by atoms with van der Waals surface area (Å²) in [6, 6.07) is 10.2. The van der Waals surface area contributed by atoms with Crippen LogP contribution in [0.2, 0.25) is 0 Å². The number of halogens is 3. The third-order valence-corrected chi connectivity index (χ3v) is 10.1. The van der Waals surface area contributed by atoms with Crippen molar-refractivity contribution in [1.29, 1.82) is 10.8 Å². The topological polar surface area (TPSA) is 83.7 Å². The van der Waals surface area contributed by atoms with Crippen molar-refractivity contribution in [2.45, 2.75) is 76.2 Å². The van der Waals surface area contributed by atoms with Crippen molar-refractivity contribution < 1.29 is 22.7 Å². The fourth-order valence-electron chi connectivity index (χ4n) is 7.37. The summed E-state index contributed by atoms with van der Waals surface area (Å²) in [4.78, 5) is 18.9. The highest BCUT2D eigenvalue weighted by molar-refractivity contribution is 6.10. The van der Waals surface area contributed by atoms with Crippen LogP contribution in [0.15, 0.2) is 36.4 Å². The fraction of sp³-hybridized carbons (Fsp3) is 0.531. The Morgan fingerprint density at radius 1 is 1.17 bits per heavy atom. The first-order valence-corrected chi connectivity index (χ1v) is 14.6. The largest absolute Gasteiger partial charge is 0.416 e. The van der Waals surface area contributed by atoms with Crippen LogP contribution in [0.1, 0.15) is 79.1 Å². The van der Waals surface area contributed by atoms with E-state index < -0.39 is 28.6 Å². The summed E-state index contributed by atoms with van der Waals surface area (Å²) in [7, 11) is 1.69. The number of amidine groups is 1. The maximum atomic E-state index is 14.5. The van der Waals surface area contributed by atoms with Crippen LogP contribution in [0.25, 0.3) is 0 Å². The van der Waals surface area contributed by atoms with E-state index in [0.717, 1.165) is 37.6 Å². The minimum absolute atomic E-state index is 0.000582. The number of ether oxygens (including phenoxy) is 1. The van der Waals surface area contributed by atoms with E-state index >= 15 is 0 Å². The van der Waals surface area contributed by atoms with E-state index in [-0.39, 0.29) is 29.2 Å². The van der Waals surface area contributed by atoms with Gasteiger partial charge in [-0.25, -0.2) is 0 Å². The Balaban J connectivity index is 1.37. The van der Waals surface area contributed by atoms with Gasteiger partial charge in [-0.2, -0.15) is 13.2 Å². The molecule has 1 atom stereocenters. The zero-order chi connectivity index (χ0) is 30.2. The molecule has 0 bridgehead atoms. The van der Waals surface area contributed by atoms with Gasteiger partial charge in [-0.15, -0.1) is 0 Å². The van der Waals surface area contributed by atoms with E-state index in [1.54, 1.807) is 19.2 Å². The highest BCUT2D eigenvalue weighted by Gasteiger charge is 2.63. The number of benzene rings is 2. The lowest BCUT2D eigenvalue weighted by molar-refractivity contribution is -0.138. The van der Waals surface area contributed by atoms with Crippen molar-refractivity contribution in [1.82, 2.24) is 9.80 Å². The molecule has 7 nitrogen and oxygen atoms in total. The molecule has 1 saturated heterocycles. The molecular weight excluding hydrogens is 543 g/mol. The van der Waals surface area contributed by atoms with Gasteiger partial charge in [0.2, 0.25) is 0 Å². The molecule has 1 amide bonds. The van der Waals surface area contributed by atoms with Gasteiger partial charge in [0.25, 0.3) is 5.91 Å². The molecule has 3 fully saturated rings. The van der Waals surface area contributed by atoms with Crippen LogP contribution in [0.3, 0.4) is 0 Å². The number of nitrogens with zero attached hydrogens (tertiary/aromatic N) is 3. The summed E-state index contributed by atoms with van der Waals surface area (Å²) in [5.41, 5.74) is 0.0780. The summed E-state index contributed by atoms with van der Waals surface area (Å²) in [6.07, 6.45) is 0.316. The molecular formula is C32H38F3N5O2. The molecule has 0 aromatic heterocycles. The summed E-state index contributed by atoms with van der Waals surface area (Å²) in [6.45, 7) is 7.26. The van der Waals surface area contributed by atoms with Gasteiger partial charge >= 0.3 is 6.18 Å². The Bertz CT molecular complexity index is 1460. The van der Waals surface area contributed by atoms with Crippen LogP contribution in [0, 0.1) is 16.2 Å². The van der Waals surface area contributed by atoms with Crippen LogP contribution in [-0.2, 0) is 28.4 Å². The molecule has 1 spiro atoms. The molecule has 4 aliphatic rings. The van der Waals surface area contributed by atoms with Gasteiger partial charge in [0, 0.05) is 36.9 Å². The molecule has 2 heterocycles. The van der Waals surface area contributed by atoms with Gasteiger partial charge in [0.15, 0.2) is 0 Å². The van der Waals surface area contributed by atoms with Crippen LogP contribution < -0.4 is 4.90 Å². The number of carbonyl (C=O) groups excluding carboxylic acids is 1. The third-order valence-electron chi connectivity index (χ3n) is 10.1. The van der Waals surface area contributed by atoms with Gasteiger partial charge < -0.3 is 14.5 Å². The first kappa shape index (κ1) is 28.9. The normalized spacial score (nSPS) is 23.0. The Morgan fingerprint density at radius 2 is 1.88 bits per heavy atom. The number of hydrogen-bond donors (Lipinski definition) is 2. The third kappa shape index (κ3) is 4.54. The van der Waals surface area contributed by atoms with E-state index in [4.69, 9.17) is 15.6 Å². The Labute approximate surface area is 244 Å². The number of carbonyl (C=O) groups is 1. The van der Waals surface area contributed by atoms with Crippen molar-refractivity contribution in [2.24, 2.45) is 5.41 Å². The van der Waals surface area contributed by atoms with Crippen molar-refractivity contribution in [3.05, 3.63) is 64.2 Å².